The van der Waals surface area contributed by atoms with Crippen LogP contribution in [-0.2, 0) is 9.73 Å². The van der Waals surface area contributed by atoms with Gasteiger partial charge in [-0.25, -0.2) is 14.2 Å². The van der Waals surface area contributed by atoms with Gasteiger partial charge in [-0.1, -0.05) is 11.6 Å². The van der Waals surface area contributed by atoms with Gasteiger partial charge in [0.1, 0.15) is 12.1 Å². The van der Waals surface area contributed by atoms with Crippen LogP contribution in [0.3, 0.4) is 0 Å². The number of alkyl halides is 3. The van der Waals surface area contributed by atoms with Crippen LogP contribution < -0.4 is 4.74 Å². The highest BCUT2D eigenvalue weighted by Gasteiger charge is 2.32. The normalized spacial score (nSPS) is 12.8. The van der Waals surface area contributed by atoms with E-state index in [1.165, 1.54) is 47.7 Å². The first kappa shape index (κ1) is 25.4. The van der Waals surface area contributed by atoms with Crippen LogP contribution in [0.4, 0.5) is 18.9 Å². The lowest BCUT2D eigenvalue weighted by molar-refractivity contribution is -0.274. The molecule has 9 nitrogen and oxygen atoms in total. The van der Waals surface area contributed by atoms with Crippen LogP contribution in [0.1, 0.15) is 29.1 Å². The molecule has 0 fully saturated rings. The number of halogens is 4. The van der Waals surface area contributed by atoms with Crippen LogP contribution in [0, 0.1) is 0 Å². The molecule has 1 amide bonds. The Balaban J connectivity index is 1.87. The van der Waals surface area contributed by atoms with Gasteiger partial charge in [-0.2, -0.15) is 14.1 Å². The van der Waals surface area contributed by atoms with E-state index >= 15 is 0 Å². The van der Waals surface area contributed by atoms with Crippen molar-refractivity contribution in [1.29, 1.82) is 0 Å². The summed E-state index contributed by atoms with van der Waals surface area (Å²) in [6, 6.07) is 5.73. The van der Waals surface area contributed by atoms with Gasteiger partial charge < -0.3 is 9.64 Å². The smallest absolute Gasteiger partial charge is 0.406 e. The number of hydrogen-bond donors (Lipinski definition) is 0. The predicted octanol–water partition coefficient (Wildman–Crippen LogP) is 4.41. The fourth-order valence-electron chi connectivity index (χ4n) is 2.95. The van der Waals surface area contributed by atoms with Crippen molar-refractivity contribution in [2.24, 2.45) is 4.36 Å². The van der Waals surface area contributed by atoms with Gasteiger partial charge in [0.15, 0.2) is 11.6 Å². The van der Waals surface area contributed by atoms with Crippen LogP contribution in [0.5, 0.6) is 5.75 Å². The Morgan fingerprint density at radius 2 is 1.94 bits per heavy atom. The molecule has 0 saturated heterocycles. The van der Waals surface area contributed by atoms with Crippen molar-refractivity contribution in [3.63, 3.8) is 0 Å². The first-order chi connectivity index (χ1) is 15.7. The minimum atomic E-state index is -4.93. The number of pyridine rings is 1. The van der Waals surface area contributed by atoms with E-state index in [2.05, 4.69) is 24.2 Å². The summed E-state index contributed by atoms with van der Waals surface area (Å²) in [5.74, 6) is -0.497. The Morgan fingerprint density at radius 1 is 1.24 bits per heavy atom. The zero-order valence-electron chi connectivity index (χ0n) is 18.4. The molecule has 0 aliphatic carbocycles. The quantitative estimate of drug-likeness (QED) is 0.481. The molecule has 34 heavy (non-hydrogen) atoms. The summed E-state index contributed by atoms with van der Waals surface area (Å²) in [7, 11) is -0.890. The molecule has 0 aliphatic heterocycles. The number of carbonyl (C=O) groups excluding carboxylic acids is 1. The average Bonchev–Trinajstić information content (AvgIpc) is 3.19. The molecule has 0 radical (unpaired) electrons. The molecule has 0 aliphatic rings. The Bertz CT molecular complexity index is 1310. The number of hydrogen-bond acceptors (Lipinski definition) is 7. The summed E-state index contributed by atoms with van der Waals surface area (Å²) < 4.78 is 59.0. The van der Waals surface area contributed by atoms with Crippen molar-refractivity contribution < 1.29 is 26.9 Å². The Morgan fingerprint density at radius 3 is 2.53 bits per heavy atom. The molecule has 2 aromatic heterocycles. The van der Waals surface area contributed by atoms with Crippen LogP contribution in [0.25, 0.3) is 5.82 Å². The minimum absolute atomic E-state index is 0.0906. The van der Waals surface area contributed by atoms with Crippen molar-refractivity contribution in [2.75, 3.05) is 19.6 Å². The van der Waals surface area contributed by atoms with Gasteiger partial charge in [0.25, 0.3) is 5.91 Å². The molecule has 14 heteroatoms. The maximum Gasteiger partial charge on any atom is 0.573 e. The number of carbonyl (C=O) groups is 1. The summed E-state index contributed by atoms with van der Waals surface area (Å²) in [6.07, 6.45) is 0.790. The third-order valence-corrected chi connectivity index (χ3v) is 5.34. The van der Waals surface area contributed by atoms with E-state index in [4.69, 9.17) is 11.6 Å². The first-order valence-electron chi connectivity index (χ1n) is 9.60. The lowest BCUT2D eigenvalue weighted by Crippen LogP contribution is -2.31. The summed E-state index contributed by atoms with van der Waals surface area (Å²) in [6.45, 7) is 1.67. The van der Waals surface area contributed by atoms with Gasteiger partial charge in [0.05, 0.1) is 17.9 Å². The average molecular weight is 517 g/mol. The van der Waals surface area contributed by atoms with E-state index in [0.29, 0.717) is 17.3 Å². The second kappa shape index (κ2) is 9.58. The van der Waals surface area contributed by atoms with E-state index in [-0.39, 0.29) is 10.6 Å². The van der Waals surface area contributed by atoms with Gasteiger partial charge in [-0.15, -0.1) is 13.2 Å². The van der Waals surface area contributed by atoms with E-state index in [1.54, 1.807) is 19.1 Å². The van der Waals surface area contributed by atoms with E-state index in [9.17, 15) is 22.2 Å². The number of nitrogens with zero attached hydrogens (tertiary/aromatic N) is 6. The Kier molecular flexibility index (Phi) is 7.17. The van der Waals surface area contributed by atoms with Gasteiger partial charge in [-0.05, 0) is 37.3 Å². The van der Waals surface area contributed by atoms with Crippen LogP contribution in [0.2, 0.25) is 5.02 Å². The molecule has 2 heterocycles. The highest BCUT2D eigenvalue weighted by molar-refractivity contribution is 7.92. The molecule has 3 aromatic rings. The topological polar surface area (TPSA) is 103 Å². The van der Waals surface area contributed by atoms with Crippen molar-refractivity contribution >= 4 is 32.9 Å². The van der Waals surface area contributed by atoms with Crippen LogP contribution in [-0.4, -0.2) is 60.7 Å². The van der Waals surface area contributed by atoms with Gasteiger partial charge >= 0.3 is 6.36 Å². The molecule has 182 valence electrons. The number of benzene rings is 1. The molecular weight excluding hydrogens is 497 g/mol. The standard InChI is InChI=1S/C20H20ClF3N6O3S/c1-12(29(2)19(31)13-7-14(21)9-16(8-13)33-20(22,23)24)18-26-11-27-30(18)17-6-5-15(10-25-17)28-34(3,4)32/h5-12H,1-4H3/t12-/m0/s1. The molecule has 3 rings (SSSR count). The van der Waals surface area contributed by atoms with Crippen molar-refractivity contribution in [1.82, 2.24) is 24.6 Å². The third kappa shape index (κ3) is 6.44. The number of aromatic nitrogens is 4. The molecule has 0 bridgehead atoms. The molecule has 0 N–H and O–H groups in total. The molecular formula is C20H20ClF3N6O3S. The minimum Gasteiger partial charge on any atom is -0.406 e. The summed E-state index contributed by atoms with van der Waals surface area (Å²) in [5.41, 5.74) is 0.331. The predicted molar refractivity (Wildman–Crippen MR) is 120 cm³/mol. The Labute approximate surface area is 198 Å². The molecule has 1 atom stereocenters. The number of rotatable bonds is 6. The van der Waals surface area contributed by atoms with E-state index < -0.39 is 33.8 Å². The molecule has 0 saturated carbocycles. The maximum atomic E-state index is 13.0. The number of ether oxygens (including phenoxy) is 1. The van der Waals surface area contributed by atoms with Crippen molar-refractivity contribution in [3.8, 4) is 11.6 Å². The van der Waals surface area contributed by atoms with Crippen molar-refractivity contribution in [2.45, 2.75) is 19.3 Å². The lowest BCUT2D eigenvalue weighted by atomic mass is 10.1. The second-order valence-electron chi connectivity index (χ2n) is 7.49. The van der Waals surface area contributed by atoms with Gasteiger partial charge in [0, 0.05) is 39.9 Å². The highest BCUT2D eigenvalue weighted by atomic mass is 35.5. The fraction of sp³-hybridized carbons (Fsp3) is 0.300. The van der Waals surface area contributed by atoms with E-state index in [1.807, 2.05) is 0 Å². The molecule has 0 spiro atoms. The first-order valence-corrected chi connectivity index (χ1v) is 12.3. The van der Waals surface area contributed by atoms with Crippen molar-refractivity contribution in [3.05, 3.63) is 59.3 Å². The summed E-state index contributed by atoms with van der Waals surface area (Å²) >= 11 is 5.89. The second-order valence-corrected chi connectivity index (χ2v) is 10.5. The number of amides is 1. The summed E-state index contributed by atoms with van der Waals surface area (Å²) in [5, 5.41) is 4.06. The lowest BCUT2D eigenvalue weighted by Gasteiger charge is -2.25. The third-order valence-electron chi connectivity index (χ3n) is 4.48. The monoisotopic (exact) mass is 516 g/mol. The SMILES string of the molecule is C[C@@H](c1ncnn1-c1ccc(N=S(C)(C)=O)cn1)N(C)C(=O)c1cc(Cl)cc(OC(F)(F)F)c1. The molecule has 0 unspecified atom stereocenters. The molecule has 1 aromatic carbocycles. The highest BCUT2D eigenvalue weighted by Crippen LogP contribution is 2.29. The van der Waals surface area contributed by atoms with Crippen LogP contribution in [0.15, 0.2) is 47.2 Å². The van der Waals surface area contributed by atoms with E-state index in [0.717, 1.165) is 12.1 Å². The zero-order valence-corrected chi connectivity index (χ0v) is 20.0. The van der Waals surface area contributed by atoms with Gasteiger partial charge in [-0.3, -0.25) is 4.79 Å². The zero-order chi connectivity index (χ0) is 25.3. The summed E-state index contributed by atoms with van der Waals surface area (Å²) in [4.78, 5) is 22.7. The van der Waals surface area contributed by atoms with Gasteiger partial charge in [0.2, 0.25) is 0 Å². The fourth-order valence-corrected chi connectivity index (χ4v) is 3.80. The van der Waals surface area contributed by atoms with Crippen LogP contribution >= 0.6 is 11.6 Å². The largest absolute Gasteiger partial charge is 0.573 e. The Hall–Kier alpha value is -3.19. The maximum absolute atomic E-state index is 13.0.